The third kappa shape index (κ3) is 3.96. The van der Waals surface area contributed by atoms with Crippen molar-refractivity contribution in [3.8, 4) is 11.8 Å². The normalized spacial score (nSPS) is 16.6. The van der Waals surface area contributed by atoms with Crippen LogP contribution in [0.15, 0.2) is 35.2 Å². The number of nitrogens with zero attached hydrogens (tertiary/aromatic N) is 2. The quantitative estimate of drug-likeness (QED) is 0.779. The highest BCUT2D eigenvalue weighted by atomic mass is 32.2. The Bertz CT molecular complexity index is 923. The molecule has 0 radical (unpaired) electrons. The molecular weight excluding hydrogens is 375 g/mol. The van der Waals surface area contributed by atoms with Gasteiger partial charge >= 0.3 is 0 Å². The van der Waals surface area contributed by atoms with Crippen LogP contribution in [0.5, 0.6) is 5.75 Å². The number of hydrogen-bond donors (Lipinski definition) is 0. The lowest BCUT2D eigenvalue weighted by atomic mass is 9.91. The lowest BCUT2D eigenvalue weighted by molar-refractivity contribution is 0.404. The summed E-state index contributed by atoms with van der Waals surface area (Å²) in [6.07, 6.45) is 5.13. The van der Waals surface area contributed by atoms with Gasteiger partial charge in [-0.2, -0.15) is 5.26 Å². The van der Waals surface area contributed by atoms with E-state index in [2.05, 4.69) is 6.07 Å². The average Bonchev–Trinajstić information content (AvgIpc) is 2.78. The number of methoxy groups -OCH3 is 1. The Hall–Kier alpha value is -2.23. The second kappa shape index (κ2) is 9.31. The summed E-state index contributed by atoms with van der Waals surface area (Å²) in [7, 11) is 1.01. The summed E-state index contributed by atoms with van der Waals surface area (Å²) in [6.45, 7) is 1.39. The predicted molar refractivity (Wildman–Crippen MR) is 108 cm³/mol. The minimum Gasteiger partial charge on any atom is -0.496 e. The second-order valence-corrected chi connectivity index (χ2v) is 8.34. The first-order valence-corrected chi connectivity index (χ1v) is 10.6. The maximum atomic E-state index is 13.4. The predicted octanol–water partition coefficient (Wildman–Crippen LogP) is 4.11. The summed E-state index contributed by atoms with van der Waals surface area (Å²) >= 11 is 0. The van der Waals surface area contributed by atoms with Gasteiger partial charge in [-0.1, -0.05) is 6.07 Å². The molecule has 1 aliphatic carbocycles. The van der Waals surface area contributed by atoms with Crippen molar-refractivity contribution >= 4 is 11.0 Å². The zero-order valence-electron chi connectivity index (χ0n) is 16.3. The Morgan fingerprint density at radius 3 is 2.54 bits per heavy atom. The van der Waals surface area contributed by atoms with Gasteiger partial charge in [-0.05, 0) is 78.6 Å². The highest BCUT2D eigenvalue weighted by molar-refractivity contribution is 7.82. The molecule has 2 aliphatic rings. The molecule has 0 amide bonds. The zero-order chi connectivity index (χ0) is 20.1. The molecule has 2 aromatic carbocycles. The van der Waals surface area contributed by atoms with Crippen molar-refractivity contribution in [3.05, 3.63) is 58.1 Å². The smallest absolute Gasteiger partial charge is 0.128 e. The van der Waals surface area contributed by atoms with Crippen LogP contribution in [0, 0.1) is 11.3 Å². The van der Waals surface area contributed by atoms with Gasteiger partial charge in [0, 0.05) is 13.1 Å². The Balaban J connectivity index is 0.00000109. The molecule has 0 saturated heterocycles. The molecule has 0 saturated carbocycles. The Morgan fingerprint density at radius 2 is 1.82 bits per heavy atom. The lowest BCUT2D eigenvalue weighted by Gasteiger charge is -2.29. The minimum absolute atomic E-state index is 0.500. The fourth-order valence-electron chi connectivity index (χ4n) is 4.04. The van der Waals surface area contributed by atoms with Gasteiger partial charge in [-0.25, -0.2) is 8.51 Å². The standard InChI is InChI=1S/C21H22N2O2S.CH3F/c1-25-20-8-9-21(19-5-3-2-4-18(19)20)26(24)23-11-10-16-7-6-15(13-22)12-17(16)14-23;1-2/h6-9,12H,2-5,10-11,14H2,1H3;1H3. The largest absolute Gasteiger partial charge is 0.496 e. The van der Waals surface area contributed by atoms with E-state index >= 15 is 0 Å². The topological polar surface area (TPSA) is 53.3 Å². The first-order chi connectivity index (χ1) is 13.7. The fraction of sp³-hybridized carbons (Fsp3) is 0.409. The molecule has 1 aliphatic heterocycles. The van der Waals surface area contributed by atoms with Gasteiger partial charge < -0.3 is 4.74 Å². The van der Waals surface area contributed by atoms with E-state index in [4.69, 9.17) is 10.00 Å². The SMILES string of the molecule is CF.COc1ccc(S(=O)N2CCc3ccc(C#N)cc3C2)c2c1CCCC2. The second-order valence-electron chi connectivity index (χ2n) is 6.89. The van der Waals surface area contributed by atoms with Crippen molar-refractivity contribution in [2.45, 2.75) is 43.5 Å². The van der Waals surface area contributed by atoms with Crippen LogP contribution in [-0.2, 0) is 36.8 Å². The molecule has 1 atom stereocenters. The first-order valence-electron chi connectivity index (χ1n) is 9.46. The lowest BCUT2D eigenvalue weighted by Crippen LogP contribution is -2.33. The van der Waals surface area contributed by atoms with Crippen molar-refractivity contribution in [2.24, 2.45) is 0 Å². The van der Waals surface area contributed by atoms with Crippen LogP contribution in [0.4, 0.5) is 4.39 Å². The number of nitriles is 1. The van der Waals surface area contributed by atoms with Crippen molar-refractivity contribution in [1.82, 2.24) is 4.31 Å². The number of ether oxygens (including phenoxy) is 1. The van der Waals surface area contributed by atoms with Crippen LogP contribution in [0.1, 0.15) is 40.7 Å². The van der Waals surface area contributed by atoms with E-state index in [0.29, 0.717) is 19.3 Å². The molecule has 0 spiro atoms. The van der Waals surface area contributed by atoms with E-state index in [-0.39, 0.29) is 0 Å². The van der Waals surface area contributed by atoms with Gasteiger partial charge in [0.15, 0.2) is 0 Å². The Morgan fingerprint density at radius 1 is 1.07 bits per heavy atom. The summed E-state index contributed by atoms with van der Waals surface area (Å²) in [5, 5.41) is 9.14. The highest BCUT2D eigenvalue weighted by Crippen LogP contribution is 2.35. The van der Waals surface area contributed by atoms with Crippen LogP contribution in [-0.4, -0.2) is 29.3 Å². The van der Waals surface area contributed by atoms with Gasteiger partial charge in [0.05, 0.1) is 30.8 Å². The number of rotatable bonds is 3. The molecule has 1 heterocycles. The number of fused-ring (bicyclic) bond motifs is 2. The zero-order valence-corrected chi connectivity index (χ0v) is 17.2. The van der Waals surface area contributed by atoms with E-state index in [0.717, 1.165) is 54.9 Å². The van der Waals surface area contributed by atoms with Crippen LogP contribution >= 0.6 is 0 Å². The molecule has 0 N–H and O–H groups in total. The van der Waals surface area contributed by atoms with Crippen molar-refractivity contribution < 1.29 is 13.3 Å². The van der Waals surface area contributed by atoms with E-state index in [1.54, 1.807) is 7.11 Å². The summed E-state index contributed by atoms with van der Waals surface area (Å²) in [4.78, 5) is 0.931. The van der Waals surface area contributed by atoms with Gasteiger partial charge in [0.25, 0.3) is 0 Å². The Labute approximate surface area is 168 Å². The van der Waals surface area contributed by atoms with Gasteiger partial charge in [0.1, 0.15) is 16.7 Å². The molecular formula is C22H25FN2O2S. The molecule has 1 unspecified atom stereocenters. The first kappa shape index (κ1) is 20.5. The maximum Gasteiger partial charge on any atom is 0.128 e. The van der Waals surface area contributed by atoms with Gasteiger partial charge in [-0.3, -0.25) is 4.39 Å². The molecule has 4 rings (SSSR count). The molecule has 0 fully saturated rings. The third-order valence-corrected chi connectivity index (χ3v) is 6.94. The minimum atomic E-state index is -1.19. The summed E-state index contributed by atoms with van der Waals surface area (Å²) < 4.78 is 30.4. The summed E-state index contributed by atoms with van der Waals surface area (Å²) in [6, 6.07) is 12.0. The van der Waals surface area contributed by atoms with Gasteiger partial charge in [0.2, 0.25) is 0 Å². The van der Waals surface area contributed by atoms with Crippen LogP contribution in [0.3, 0.4) is 0 Å². The maximum absolute atomic E-state index is 13.4. The monoisotopic (exact) mass is 400 g/mol. The number of hydrogen-bond acceptors (Lipinski definition) is 3. The highest BCUT2D eigenvalue weighted by Gasteiger charge is 2.26. The molecule has 0 aromatic heterocycles. The third-order valence-electron chi connectivity index (χ3n) is 5.40. The van der Waals surface area contributed by atoms with Gasteiger partial charge in [-0.15, -0.1) is 0 Å². The molecule has 28 heavy (non-hydrogen) atoms. The van der Waals surface area contributed by atoms with E-state index in [1.807, 2.05) is 34.6 Å². The van der Waals surface area contributed by atoms with E-state index in [9.17, 15) is 8.60 Å². The fourth-order valence-corrected chi connectivity index (χ4v) is 5.45. The molecule has 4 nitrogen and oxygen atoms in total. The summed E-state index contributed by atoms with van der Waals surface area (Å²) in [5.74, 6) is 0.920. The van der Waals surface area contributed by atoms with Crippen LogP contribution < -0.4 is 4.74 Å². The van der Waals surface area contributed by atoms with Crippen LogP contribution in [0.25, 0.3) is 0 Å². The molecule has 148 valence electrons. The van der Waals surface area contributed by atoms with Crippen molar-refractivity contribution in [3.63, 3.8) is 0 Å². The molecule has 0 bridgehead atoms. The van der Waals surface area contributed by atoms with E-state index < -0.39 is 11.0 Å². The summed E-state index contributed by atoms with van der Waals surface area (Å²) in [5.41, 5.74) is 5.48. The van der Waals surface area contributed by atoms with E-state index in [1.165, 1.54) is 16.7 Å². The molecule has 6 heteroatoms. The van der Waals surface area contributed by atoms with Crippen molar-refractivity contribution in [2.75, 3.05) is 20.8 Å². The Kier molecular flexibility index (Phi) is 6.82. The van der Waals surface area contributed by atoms with Crippen molar-refractivity contribution in [1.29, 1.82) is 5.26 Å². The molecule has 2 aromatic rings. The number of alkyl halides is 1. The number of halogens is 1. The number of benzene rings is 2. The van der Waals surface area contributed by atoms with Crippen LogP contribution in [0.2, 0.25) is 0 Å². The average molecular weight is 401 g/mol.